The Morgan fingerprint density at radius 3 is 2.47 bits per heavy atom. The SMILES string of the molecule is CCNC(=NCc1c(C)nn(C)c1C)NCCCN1CCN(c2ncccn2)CC1. The van der Waals surface area contributed by atoms with Crippen molar-refractivity contribution in [3.8, 4) is 0 Å². The summed E-state index contributed by atoms with van der Waals surface area (Å²) in [4.78, 5) is 18.2. The fourth-order valence-electron chi connectivity index (χ4n) is 3.68. The molecule has 1 aliphatic heterocycles. The van der Waals surface area contributed by atoms with Crippen LogP contribution >= 0.6 is 0 Å². The highest BCUT2D eigenvalue weighted by atomic mass is 15.3. The van der Waals surface area contributed by atoms with Gasteiger partial charge in [0.2, 0.25) is 5.95 Å². The van der Waals surface area contributed by atoms with E-state index in [0.717, 1.165) is 69.8 Å². The van der Waals surface area contributed by atoms with Gasteiger partial charge in [0.25, 0.3) is 0 Å². The van der Waals surface area contributed by atoms with E-state index in [9.17, 15) is 0 Å². The second-order valence-corrected chi connectivity index (χ2v) is 7.63. The summed E-state index contributed by atoms with van der Waals surface area (Å²) in [5, 5.41) is 11.3. The Morgan fingerprint density at radius 2 is 1.83 bits per heavy atom. The van der Waals surface area contributed by atoms with Crippen LogP contribution in [0.15, 0.2) is 23.5 Å². The largest absolute Gasteiger partial charge is 0.357 e. The van der Waals surface area contributed by atoms with Crippen LogP contribution in [0.5, 0.6) is 0 Å². The van der Waals surface area contributed by atoms with Crippen LogP contribution in [0.4, 0.5) is 5.95 Å². The number of nitrogens with one attached hydrogen (secondary N) is 2. The fraction of sp³-hybridized carbons (Fsp3) is 0.619. The molecule has 3 rings (SSSR count). The molecule has 0 aromatic carbocycles. The minimum Gasteiger partial charge on any atom is -0.357 e. The molecular weight excluding hydrogens is 378 g/mol. The lowest BCUT2D eigenvalue weighted by Crippen LogP contribution is -2.47. The van der Waals surface area contributed by atoms with Crippen LogP contribution in [-0.4, -0.2) is 76.4 Å². The number of piperazine rings is 1. The first-order valence-electron chi connectivity index (χ1n) is 10.8. The average Bonchev–Trinajstić information content (AvgIpc) is 3.01. The predicted octanol–water partition coefficient (Wildman–Crippen LogP) is 1.09. The summed E-state index contributed by atoms with van der Waals surface area (Å²) in [6.45, 7) is 13.7. The predicted molar refractivity (Wildman–Crippen MR) is 121 cm³/mol. The van der Waals surface area contributed by atoms with Gasteiger partial charge in [0, 0.05) is 70.0 Å². The summed E-state index contributed by atoms with van der Waals surface area (Å²) in [7, 11) is 1.98. The number of hydrogen-bond donors (Lipinski definition) is 2. The van der Waals surface area contributed by atoms with Crippen LogP contribution in [0.2, 0.25) is 0 Å². The Hall–Kier alpha value is -2.68. The molecule has 0 atom stereocenters. The quantitative estimate of drug-likeness (QED) is 0.381. The maximum absolute atomic E-state index is 4.75. The molecule has 9 nitrogen and oxygen atoms in total. The van der Waals surface area contributed by atoms with Crippen LogP contribution < -0.4 is 15.5 Å². The zero-order valence-corrected chi connectivity index (χ0v) is 18.7. The third-order valence-electron chi connectivity index (χ3n) is 5.55. The van der Waals surface area contributed by atoms with Crippen LogP contribution in [0.25, 0.3) is 0 Å². The van der Waals surface area contributed by atoms with Crippen molar-refractivity contribution in [2.75, 3.05) is 50.7 Å². The molecule has 1 fully saturated rings. The molecule has 1 aliphatic rings. The van der Waals surface area contributed by atoms with E-state index in [0.29, 0.717) is 6.54 Å². The molecule has 0 amide bonds. The van der Waals surface area contributed by atoms with Crippen LogP contribution in [-0.2, 0) is 13.6 Å². The molecule has 164 valence electrons. The standard InChI is InChI=1S/C21H35N9/c1-5-22-20(26-16-19-17(2)27-28(4)18(19)3)23-10-7-11-29-12-14-30(15-13-29)21-24-8-6-9-25-21/h6,8-9H,5,7,10-16H2,1-4H3,(H2,22,23,26). The Balaban J connectivity index is 1.40. The van der Waals surface area contributed by atoms with Gasteiger partial charge < -0.3 is 15.5 Å². The minimum atomic E-state index is 0.643. The molecule has 9 heteroatoms. The average molecular weight is 414 g/mol. The highest BCUT2D eigenvalue weighted by Crippen LogP contribution is 2.13. The second-order valence-electron chi connectivity index (χ2n) is 7.63. The third-order valence-corrected chi connectivity index (χ3v) is 5.55. The molecule has 2 aromatic heterocycles. The first kappa shape index (κ1) is 22.0. The first-order chi connectivity index (χ1) is 14.6. The summed E-state index contributed by atoms with van der Waals surface area (Å²) in [6, 6.07) is 1.86. The highest BCUT2D eigenvalue weighted by molar-refractivity contribution is 5.79. The molecule has 0 spiro atoms. The van der Waals surface area contributed by atoms with Crippen molar-refractivity contribution in [2.24, 2.45) is 12.0 Å². The molecule has 0 bridgehead atoms. The lowest BCUT2D eigenvalue weighted by molar-refractivity contribution is 0.254. The molecule has 30 heavy (non-hydrogen) atoms. The topological polar surface area (TPSA) is 86.5 Å². The maximum Gasteiger partial charge on any atom is 0.225 e. The van der Waals surface area contributed by atoms with Crippen LogP contribution in [0.1, 0.15) is 30.3 Å². The van der Waals surface area contributed by atoms with E-state index >= 15 is 0 Å². The van der Waals surface area contributed by atoms with E-state index < -0.39 is 0 Å². The monoisotopic (exact) mass is 413 g/mol. The zero-order valence-electron chi connectivity index (χ0n) is 18.7. The molecule has 0 aliphatic carbocycles. The molecule has 1 saturated heterocycles. The summed E-state index contributed by atoms with van der Waals surface area (Å²) in [5.41, 5.74) is 3.43. The number of hydrogen-bond acceptors (Lipinski definition) is 6. The van der Waals surface area contributed by atoms with Crippen molar-refractivity contribution in [1.29, 1.82) is 0 Å². The zero-order chi connectivity index (χ0) is 21.3. The van der Waals surface area contributed by atoms with Gasteiger partial charge >= 0.3 is 0 Å². The van der Waals surface area contributed by atoms with Gasteiger partial charge in [-0.2, -0.15) is 5.10 Å². The number of guanidine groups is 1. The van der Waals surface area contributed by atoms with Gasteiger partial charge in [-0.05, 0) is 39.8 Å². The molecule has 0 saturated carbocycles. The Labute approximate surface area is 179 Å². The highest BCUT2D eigenvalue weighted by Gasteiger charge is 2.18. The first-order valence-corrected chi connectivity index (χ1v) is 10.8. The van der Waals surface area contributed by atoms with Gasteiger partial charge in [-0.1, -0.05) is 0 Å². The van der Waals surface area contributed by atoms with Gasteiger partial charge in [0.15, 0.2) is 5.96 Å². The Bertz CT molecular complexity index is 807. The maximum atomic E-state index is 4.75. The van der Waals surface area contributed by atoms with E-state index in [4.69, 9.17) is 4.99 Å². The number of nitrogens with zero attached hydrogens (tertiary/aromatic N) is 7. The number of rotatable bonds is 8. The number of anilines is 1. The second kappa shape index (κ2) is 10.9. The van der Waals surface area contributed by atoms with Crippen LogP contribution in [0.3, 0.4) is 0 Å². The van der Waals surface area contributed by atoms with Crippen molar-refractivity contribution in [3.63, 3.8) is 0 Å². The minimum absolute atomic E-state index is 0.643. The van der Waals surface area contributed by atoms with E-state index in [1.54, 1.807) is 12.4 Å². The normalized spacial score (nSPS) is 15.5. The Kier molecular flexibility index (Phi) is 8.01. The van der Waals surface area contributed by atoms with Gasteiger partial charge in [-0.15, -0.1) is 0 Å². The van der Waals surface area contributed by atoms with E-state index in [1.807, 2.05) is 24.7 Å². The summed E-state index contributed by atoms with van der Waals surface area (Å²) >= 11 is 0. The van der Waals surface area contributed by atoms with Gasteiger partial charge in [0.1, 0.15) is 0 Å². The smallest absolute Gasteiger partial charge is 0.225 e. The van der Waals surface area contributed by atoms with E-state index in [-0.39, 0.29) is 0 Å². The van der Waals surface area contributed by atoms with Gasteiger partial charge in [0.05, 0.1) is 12.2 Å². The van der Waals surface area contributed by atoms with Crippen molar-refractivity contribution < 1.29 is 0 Å². The Morgan fingerprint density at radius 1 is 1.10 bits per heavy atom. The molecule has 3 heterocycles. The van der Waals surface area contributed by atoms with Crippen molar-refractivity contribution in [1.82, 2.24) is 35.3 Å². The summed E-state index contributed by atoms with van der Waals surface area (Å²) in [6.07, 6.45) is 4.69. The van der Waals surface area contributed by atoms with Gasteiger partial charge in [-0.3, -0.25) is 9.58 Å². The lowest BCUT2D eigenvalue weighted by atomic mass is 10.2. The van der Waals surface area contributed by atoms with E-state index in [2.05, 4.69) is 49.3 Å². The molecule has 2 aromatic rings. The summed E-state index contributed by atoms with van der Waals surface area (Å²) < 4.78 is 1.92. The van der Waals surface area contributed by atoms with Crippen molar-refractivity contribution in [2.45, 2.75) is 33.7 Å². The third kappa shape index (κ3) is 5.91. The van der Waals surface area contributed by atoms with Crippen molar-refractivity contribution in [3.05, 3.63) is 35.4 Å². The molecule has 2 N–H and O–H groups in total. The van der Waals surface area contributed by atoms with E-state index in [1.165, 1.54) is 11.3 Å². The number of aryl methyl sites for hydroxylation is 2. The lowest BCUT2D eigenvalue weighted by Gasteiger charge is -2.34. The molecular formula is C21H35N9. The van der Waals surface area contributed by atoms with Crippen molar-refractivity contribution >= 4 is 11.9 Å². The number of aliphatic imine (C=N–C) groups is 1. The molecule has 0 unspecified atom stereocenters. The number of aromatic nitrogens is 4. The molecule has 0 radical (unpaired) electrons. The van der Waals surface area contributed by atoms with Gasteiger partial charge in [-0.25, -0.2) is 15.0 Å². The van der Waals surface area contributed by atoms with Crippen LogP contribution in [0, 0.1) is 13.8 Å². The summed E-state index contributed by atoms with van der Waals surface area (Å²) in [5.74, 6) is 1.70. The fourth-order valence-corrected chi connectivity index (χ4v) is 3.68.